The number of nitrogens with zero attached hydrogens (tertiary/aromatic N) is 1. The second-order valence-electron chi connectivity index (χ2n) is 8.42. The molecule has 2 nitrogen and oxygen atoms in total. The molecule has 0 N–H and O–H groups in total. The van der Waals surface area contributed by atoms with E-state index in [1.54, 1.807) is 0 Å². The molecule has 0 amide bonds. The second-order valence-corrected chi connectivity index (χ2v) is 8.42. The van der Waals surface area contributed by atoms with Crippen molar-refractivity contribution in [2.45, 2.75) is 0 Å². The van der Waals surface area contributed by atoms with Gasteiger partial charge >= 0.3 is 0 Å². The maximum Gasteiger partial charge on any atom is 0.227 e. The molecule has 2 heteroatoms. The summed E-state index contributed by atoms with van der Waals surface area (Å²) in [5, 5.41) is 7.71. The minimum Gasteiger partial charge on any atom is -0.436 e. The Labute approximate surface area is 190 Å². The standard InChI is InChI=1S/C31H19NO/c1-2-12-25-23(10-1)24-11-3-4-13-26(24)28-19-21(16-17-27(25)28)20-8-7-9-22(18-20)31-32-29-14-5-6-15-30(29)33-31/h1-19H. The van der Waals surface area contributed by atoms with E-state index in [1.807, 2.05) is 24.3 Å². The van der Waals surface area contributed by atoms with E-state index in [-0.39, 0.29) is 0 Å². The first-order chi connectivity index (χ1) is 16.3. The second kappa shape index (κ2) is 7.04. The van der Waals surface area contributed by atoms with Crippen molar-refractivity contribution in [3.8, 4) is 22.6 Å². The molecule has 0 spiro atoms. The van der Waals surface area contributed by atoms with Crippen molar-refractivity contribution < 1.29 is 4.42 Å². The summed E-state index contributed by atoms with van der Waals surface area (Å²) in [6.45, 7) is 0. The molecule has 0 aliphatic heterocycles. The average Bonchev–Trinajstić information content (AvgIpc) is 3.33. The van der Waals surface area contributed by atoms with Crippen LogP contribution in [0.25, 0.3) is 66.0 Å². The maximum atomic E-state index is 6.01. The molecule has 1 heterocycles. The van der Waals surface area contributed by atoms with Gasteiger partial charge in [-0.25, -0.2) is 4.98 Å². The zero-order valence-electron chi connectivity index (χ0n) is 17.8. The van der Waals surface area contributed by atoms with Gasteiger partial charge in [0.25, 0.3) is 0 Å². The fourth-order valence-electron chi connectivity index (χ4n) is 4.91. The fraction of sp³-hybridized carbons (Fsp3) is 0. The number of hydrogen-bond donors (Lipinski definition) is 0. The third-order valence-electron chi connectivity index (χ3n) is 6.48. The molecular formula is C31H19NO. The Balaban J connectivity index is 1.44. The summed E-state index contributed by atoms with van der Waals surface area (Å²) >= 11 is 0. The highest BCUT2D eigenvalue weighted by Gasteiger charge is 2.11. The minimum absolute atomic E-state index is 0.648. The number of oxazole rings is 1. The lowest BCUT2D eigenvalue weighted by Gasteiger charge is -2.12. The van der Waals surface area contributed by atoms with Gasteiger partial charge in [-0.3, -0.25) is 0 Å². The first kappa shape index (κ1) is 18.2. The number of rotatable bonds is 2. The number of benzene rings is 6. The van der Waals surface area contributed by atoms with Crippen LogP contribution < -0.4 is 0 Å². The molecule has 0 aliphatic rings. The van der Waals surface area contributed by atoms with Crippen molar-refractivity contribution in [2.75, 3.05) is 0 Å². The van der Waals surface area contributed by atoms with Gasteiger partial charge in [-0.2, -0.15) is 0 Å². The van der Waals surface area contributed by atoms with Crippen LogP contribution in [-0.2, 0) is 0 Å². The molecule has 0 fully saturated rings. The minimum atomic E-state index is 0.648. The van der Waals surface area contributed by atoms with E-state index in [9.17, 15) is 0 Å². The van der Waals surface area contributed by atoms with Gasteiger partial charge in [0.05, 0.1) is 0 Å². The van der Waals surface area contributed by atoms with Crippen LogP contribution in [0.1, 0.15) is 0 Å². The quantitative estimate of drug-likeness (QED) is 0.261. The molecular weight excluding hydrogens is 402 g/mol. The summed E-state index contributed by atoms with van der Waals surface area (Å²) in [6.07, 6.45) is 0. The summed E-state index contributed by atoms with van der Waals surface area (Å²) in [4.78, 5) is 4.68. The number of para-hydroxylation sites is 2. The molecule has 0 unspecified atom stereocenters. The third-order valence-corrected chi connectivity index (χ3v) is 6.48. The summed E-state index contributed by atoms with van der Waals surface area (Å²) in [5.41, 5.74) is 4.99. The maximum absolute atomic E-state index is 6.01. The van der Waals surface area contributed by atoms with Gasteiger partial charge in [0.15, 0.2) is 5.58 Å². The van der Waals surface area contributed by atoms with Crippen molar-refractivity contribution in [1.82, 2.24) is 4.98 Å². The molecule has 1 aromatic heterocycles. The Morgan fingerprint density at radius 2 is 1.00 bits per heavy atom. The highest BCUT2D eigenvalue weighted by Crippen LogP contribution is 2.37. The molecule has 0 saturated carbocycles. The van der Waals surface area contributed by atoms with Crippen LogP contribution in [0.15, 0.2) is 120 Å². The Morgan fingerprint density at radius 1 is 0.424 bits per heavy atom. The largest absolute Gasteiger partial charge is 0.436 e. The van der Waals surface area contributed by atoms with Crippen LogP contribution in [0.2, 0.25) is 0 Å². The van der Waals surface area contributed by atoms with Gasteiger partial charge in [-0.05, 0) is 73.8 Å². The first-order valence-corrected chi connectivity index (χ1v) is 11.1. The van der Waals surface area contributed by atoms with Crippen molar-refractivity contribution in [3.63, 3.8) is 0 Å². The lowest BCUT2D eigenvalue weighted by Crippen LogP contribution is -1.85. The highest BCUT2D eigenvalue weighted by atomic mass is 16.3. The van der Waals surface area contributed by atoms with E-state index in [4.69, 9.17) is 4.42 Å². The molecule has 0 radical (unpaired) electrons. The predicted molar refractivity (Wildman–Crippen MR) is 137 cm³/mol. The van der Waals surface area contributed by atoms with Crippen molar-refractivity contribution in [3.05, 3.63) is 115 Å². The van der Waals surface area contributed by atoms with E-state index < -0.39 is 0 Å². The summed E-state index contributed by atoms with van der Waals surface area (Å²) in [5.74, 6) is 0.648. The van der Waals surface area contributed by atoms with E-state index >= 15 is 0 Å². The summed E-state index contributed by atoms with van der Waals surface area (Å²) < 4.78 is 6.01. The molecule has 33 heavy (non-hydrogen) atoms. The van der Waals surface area contributed by atoms with Crippen LogP contribution in [-0.4, -0.2) is 4.98 Å². The van der Waals surface area contributed by atoms with Crippen LogP contribution in [0, 0.1) is 0 Å². The first-order valence-electron chi connectivity index (χ1n) is 11.1. The van der Waals surface area contributed by atoms with Crippen LogP contribution >= 0.6 is 0 Å². The SMILES string of the molecule is c1cc(-c2ccc3c4ccccc4c4ccccc4c3c2)cc(-c2nc3ccccc3o2)c1. The van der Waals surface area contributed by atoms with Gasteiger partial charge < -0.3 is 4.42 Å². The van der Waals surface area contributed by atoms with Crippen LogP contribution in [0.4, 0.5) is 0 Å². The molecule has 0 bridgehead atoms. The molecule has 154 valence electrons. The Bertz CT molecular complexity index is 1760. The molecule has 6 aromatic carbocycles. The van der Waals surface area contributed by atoms with Crippen LogP contribution in [0.5, 0.6) is 0 Å². The Morgan fingerprint density at radius 3 is 1.73 bits per heavy atom. The van der Waals surface area contributed by atoms with Crippen LogP contribution in [0.3, 0.4) is 0 Å². The van der Waals surface area contributed by atoms with Gasteiger partial charge in [0, 0.05) is 5.56 Å². The average molecular weight is 421 g/mol. The molecule has 0 atom stereocenters. The van der Waals surface area contributed by atoms with Gasteiger partial charge in [0.1, 0.15) is 5.52 Å². The van der Waals surface area contributed by atoms with Crippen molar-refractivity contribution in [2.24, 2.45) is 0 Å². The normalized spacial score (nSPS) is 11.6. The van der Waals surface area contributed by atoms with Gasteiger partial charge in [-0.1, -0.05) is 84.9 Å². The smallest absolute Gasteiger partial charge is 0.227 e. The molecule has 7 rings (SSSR count). The van der Waals surface area contributed by atoms with E-state index in [0.717, 1.165) is 22.2 Å². The fourth-order valence-corrected chi connectivity index (χ4v) is 4.91. The highest BCUT2D eigenvalue weighted by molar-refractivity contribution is 6.25. The predicted octanol–water partition coefficient (Wildman–Crippen LogP) is 8.62. The topological polar surface area (TPSA) is 26.0 Å². The van der Waals surface area contributed by atoms with Crippen molar-refractivity contribution in [1.29, 1.82) is 0 Å². The summed E-state index contributed by atoms with van der Waals surface area (Å²) in [7, 11) is 0. The lowest BCUT2D eigenvalue weighted by molar-refractivity contribution is 0.620. The zero-order chi connectivity index (χ0) is 21.8. The molecule has 7 aromatic rings. The zero-order valence-corrected chi connectivity index (χ0v) is 17.8. The Kier molecular flexibility index (Phi) is 3.88. The number of aromatic nitrogens is 1. The lowest BCUT2D eigenvalue weighted by atomic mass is 9.92. The van der Waals surface area contributed by atoms with Gasteiger partial charge in [0.2, 0.25) is 5.89 Å². The molecule has 0 aliphatic carbocycles. The monoisotopic (exact) mass is 421 g/mol. The number of fused-ring (bicyclic) bond motifs is 7. The third kappa shape index (κ3) is 2.85. The number of hydrogen-bond acceptors (Lipinski definition) is 2. The van der Waals surface area contributed by atoms with Gasteiger partial charge in [-0.15, -0.1) is 0 Å². The van der Waals surface area contributed by atoms with Crippen molar-refractivity contribution >= 4 is 43.4 Å². The van der Waals surface area contributed by atoms with E-state index in [2.05, 4.69) is 96.0 Å². The summed E-state index contributed by atoms with van der Waals surface area (Å²) in [6, 6.07) is 40.5. The Hall–Kier alpha value is -4.43. The van der Waals surface area contributed by atoms with E-state index in [0.29, 0.717) is 5.89 Å². The van der Waals surface area contributed by atoms with E-state index in [1.165, 1.54) is 37.9 Å². The molecule has 0 saturated heterocycles.